The second-order valence-electron chi connectivity index (χ2n) is 10.3. The number of aliphatic hydroxyl groups is 1. The van der Waals surface area contributed by atoms with Gasteiger partial charge in [0.2, 0.25) is 0 Å². The van der Waals surface area contributed by atoms with E-state index in [0.717, 1.165) is 0 Å². The Labute approximate surface area is 230 Å². The van der Waals surface area contributed by atoms with Crippen molar-refractivity contribution >= 4 is 40.5 Å². The molecule has 0 bridgehead atoms. The molecule has 1 atom stereocenters. The van der Waals surface area contributed by atoms with Crippen LogP contribution in [0.25, 0.3) is 0 Å². The topological polar surface area (TPSA) is 123 Å². The first-order valence-corrected chi connectivity index (χ1v) is 13.6. The summed E-state index contributed by atoms with van der Waals surface area (Å²) in [4.78, 5) is 35.8. The molecule has 2 aromatic heterocycles. The summed E-state index contributed by atoms with van der Waals surface area (Å²) in [5.41, 5.74) is -0.351. The molecule has 2 amide bonds. The molecule has 1 unspecified atom stereocenters. The van der Waals surface area contributed by atoms with Crippen LogP contribution in [0, 0.1) is 0 Å². The second kappa shape index (κ2) is 12.1. The molecule has 0 radical (unpaired) electrons. The maximum Gasteiger partial charge on any atom is 0.415 e. The van der Waals surface area contributed by atoms with Crippen LogP contribution in [0.2, 0.25) is 0 Å². The van der Waals surface area contributed by atoms with E-state index in [1.54, 1.807) is 72.1 Å². The van der Waals surface area contributed by atoms with Gasteiger partial charge in [-0.05, 0) is 59.2 Å². The van der Waals surface area contributed by atoms with Crippen LogP contribution in [0.1, 0.15) is 68.1 Å². The van der Waals surface area contributed by atoms with E-state index in [9.17, 15) is 14.7 Å². The lowest BCUT2D eigenvalue weighted by Crippen LogP contribution is -2.36. The number of alkyl carbamates (subject to hydrolysis) is 1. The fraction of sp³-hybridized carbons (Fsp3) is 0.462. The van der Waals surface area contributed by atoms with E-state index in [1.807, 2.05) is 5.38 Å². The number of carbonyl (C=O) groups is 2. The number of amides is 2. The van der Waals surface area contributed by atoms with Crippen LogP contribution < -0.4 is 15.0 Å². The Kier molecular flexibility index (Phi) is 9.34. The molecule has 0 saturated heterocycles. The van der Waals surface area contributed by atoms with Crippen molar-refractivity contribution in [3.05, 3.63) is 56.4 Å². The van der Waals surface area contributed by atoms with Gasteiger partial charge in [-0.2, -0.15) is 0 Å². The number of methoxy groups -OCH3 is 1. The standard InChI is InChI=1S/C26H34N4O6S2/c1-25(2,3)35-23(32)29-14-20-28-13-19(38-20)22(31)16-8-9-18(34-7)17(12-16)30(15-21-27-10-11-37-21)24(33)36-26(4,5)6/h8-13,22,31H,14-15H2,1-7H3,(H,29,32). The summed E-state index contributed by atoms with van der Waals surface area (Å²) >= 11 is 2.68. The predicted molar refractivity (Wildman–Crippen MR) is 147 cm³/mol. The molecule has 0 spiro atoms. The molecule has 1 aromatic carbocycles. The number of nitrogens with one attached hydrogen (secondary N) is 1. The van der Waals surface area contributed by atoms with Crippen LogP contribution in [0.5, 0.6) is 5.75 Å². The molecular formula is C26H34N4O6S2. The molecule has 10 nitrogen and oxygen atoms in total. The number of nitrogens with zero attached hydrogens (tertiary/aromatic N) is 3. The van der Waals surface area contributed by atoms with Gasteiger partial charge in [0.15, 0.2) is 0 Å². The first-order valence-electron chi connectivity index (χ1n) is 11.9. The Bertz CT molecular complexity index is 1230. The third-order valence-electron chi connectivity index (χ3n) is 4.82. The Morgan fingerprint density at radius 1 is 1.08 bits per heavy atom. The first-order chi connectivity index (χ1) is 17.8. The molecular weight excluding hydrogens is 528 g/mol. The highest BCUT2D eigenvalue weighted by Gasteiger charge is 2.28. The highest BCUT2D eigenvalue weighted by Crippen LogP contribution is 2.36. The van der Waals surface area contributed by atoms with E-state index < -0.39 is 29.5 Å². The Morgan fingerprint density at radius 2 is 1.79 bits per heavy atom. The lowest BCUT2D eigenvalue weighted by atomic mass is 10.1. The quantitative estimate of drug-likeness (QED) is 0.361. The molecule has 206 valence electrons. The first kappa shape index (κ1) is 29.3. The molecule has 2 N–H and O–H groups in total. The Balaban J connectivity index is 1.85. The van der Waals surface area contributed by atoms with Gasteiger partial charge in [-0.25, -0.2) is 19.6 Å². The summed E-state index contributed by atoms with van der Waals surface area (Å²) in [5, 5.41) is 17.0. The molecule has 2 heterocycles. The average Bonchev–Trinajstić information content (AvgIpc) is 3.50. The van der Waals surface area contributed by atoms with Crippen molar-refractivity contribution in [1.82, 2.24) is 15.3 Å². The van der Waals surface area contributed by atoms with E-state index in [2.05, 4.69) is 15.3 Å². The van der Waals surface area contributed by atoms with Crippen molar-refractivity contribution < 1.29 is 28.9 Å². The SMILES string of the molecule is COc1ccc(C(O)c2cnc(CNC(=O)OC(C)(C)C)s2)cc1N(Cc1nccs1)C(=O)OC(C)(C)C. The van der Waals surface area contributed by atoms with Gasteiger partial charge in [0, 0.05) is 17.8 Å². The van der Waals surface area contributed by atoms with Gasteiger partial charge in [0.05, 0.1) is 30.8 Å². The molecule has 3 aromatic rings. The lowest BCUT2D eigenvalue weighted by molar-refractivity contribution is 0.0521. The zero-order chi connectivity index (χ0) is 28.1. The van der Waals surface area contributed by atoms with Crippen molar-refractivity contribution in [2.75, 3.05) is 12.0 Å². The third-order valence-corrected chi connectivity index (χ3v) is 6.64. The fourth-order valence-electron chi connectivity index (χ4n) is 3.28. The third kappa shape index (κ3) is 8.40. The molecule has 0 saturated carbocycles. The van der Waals surface area contributed by atoms with Gasteiger partial charge < -0.3 is 24.6 Å². The lowest BCUT2D eigenvalue weighted by Gasteiger charge is -2.28. The zero-order valence-electron chi connectivity index (χ0n) is 22.6. The average molecular weight is 563 g/mol. The maximum absolute atomic E-state index is 13.2. The molecule has 0 fully saturated rings. The number of ether oxygens (including phenoxy) is 3. The predicted octanol–water partition coefficient (Wildman–Crippen LogP) is 5.66. The highest BCUT2D eigenvalue weighted by molar-refractivity contribution is 7.11. The van der Waals surface area contributed by atoms with Gasteiger partial charge in [-0.3, -0.25) is 4.90 Å². The largest absolute Gasteiger partial charge is 0.495 e. The van der Waals surface area contributed by atoms with Gasteiger partial charge in [0.1, 0.15) is 33.1 Å². The van der Waals surface area contributed by atoms with Crippen LogP contribution in [-0.4, -0.2) is 45.6 Å². The zero-order valence-corrected chi connectivity index (χ0v) is 24.2. The number of benzene rings is 1. The molecule has 12 heteroatoms. The Morgan fingerprint density at radius 3 is 2.39 bits per heavy atom. The smallest absolute Gasteiger partial charge is 0.415 e. The van der Waals surface area contributed by atoms with Crippen LogP contribution in [0.4, 0.5) is 15.3 Å². The number of aromatic nitrogens is 2. The summed E-state index contributed by atoms with van der Waals surface area (Å²) in [6.07, 6.45) is 1.10. The van der Waals surface area contributed by atoms with Crippen molar-refractivity contribution in [2.24, 2.45) is 0 Å². The second-order valence-corrected chi connectivity index (χ2v) is 12.5. The van der Waals surface area contributed by atoms with Crippen LogP contribution in [0.3, 0.4) is 0 Å². The van der Waals surface area contributed by atoms with Gasteiger partial charge in [-0.15, -0.1) is 22.7 Å². The van der Waals surface area contributed by atoms with Gasteiger partial charge in [0.25, 0.3) is 0 Å². The molecule has 0 aliphatic carbocycles. The maximum atomic E-state index is 13.2. The van der Waals surface area contributed by atoms with Gasteiger partial charge >= 0.3 is 12.2 Å². The number of hydrogen-bond acceptors (Lipinski definition) is 10. The van der Waals surface area contributed by atoms with Crippen molar-refractivity contribution in [3.8, 4) is 5.75 Å². The van der Waals surface area contributed by atoms with Crippen LogP contribution in [0.15, 0.2) is 36.0 Å². The van der Waals surface area contributed by atoms with E-state index in [4.69, 9.17) is 14.2 Å². The van der Waals surface area contributed by atoms with Crippen molar-refractivity contribution in [3.63, 3.8) is 0 Å². The number of hydrogen-bond donors (Lipinski definition) is 2. The number of anilines is 1. The fourth-order valence-corrected chi connectivity index (χ4v) is 4.76. The van der Waals surface area contributed by atoms with Gasteiger partial charge in [-0.1, -0.05) is 6.07 Å². The van der Waals surface area contributed by atoms with Crippen LogP contribution >= 0.6 is 22.7 Å². The number of carbonyl (C=O) groups excluding carboxylic acids is 2. The Hall–Kier alpha value is -3.22. The number of rotatable bonds is 8. The highest BCUT2D eigenvalue weighted by atomic mass is 32.1. The molecule has 0 aliphatic rings. The minimum Gasteiger partial charge on any atom is -0.495 e. The van der Waals surface area contributed by atoms with Crippen molar-refractivity contribution in [2.45, 2.75) is 71.9 Å². The van der Waals surface area contributed by atoms with Crippen molar-refractivity contribution in [1.29, 1.82) is 0 Å². The molecule has 0 aliphatic heterocycles. The van der Waals surface area contributed by atoms with Crippen LogP contribution in [-0.2, 0) is 22.6 Å². The summed E-state index contributed by atoms with van der Waals surface area (Å²) in [6.45, 7) is 11.1. The van der Waals surface area contributed by atoms with E-state index >= 15 is 0 Å². The summed E-state index contributed by atoms with van der Waals surface area (Å²) in [7, 11) is 1.51. The summed E-state index contributed by atoms with van der Waals surface area (Å²) < 4.78 is 16.5. The minimum atomic E-state index is -1.02. The monoisotopic (exact) mass is 562 g/mol. The summed E-state index contributed by atoms with van der Waals surface area (Å²) in [5.74, 6) is 0.440. The minimum absolute atomic E-state index is 0.167. The normalized spacial score (nSPS) is 12.5. The number of aliphatic hydroxyl groups excluding tert-OH is 1. The number of thiazole rings is 2. The van der Waals surface area contributed by atoms with E-state index in [1.165, 1.54) is 34.7 Å². The molecule has 3 rings (SSSR count). The van der Waals surface area contributed by atoms with E-state index in [0.29, 0.717) is 31.9 Å². The summed E-state index contributed by atoms with van der Waals surface area (Å²) in [6, 6.07) is 5.11. The molecule has 38 heavy (non-hydrogen) atoms. The van der Waals surface area contributed by atoms with E-state index in [-0.39, 0.29) is 13.1 Å².